The molecule has 1 amide bonds. The molecule has 1 aliphatic carbocycles. The van der Waals surface area contributed by atoms with E-state index in [0.29, 0.717) is 25.6 Å². The van der Waals surface area contributed by atoms with Gasteiger partial charge in [0.05, 0.1) is 25.4 Å². The van der Waals surface area contributed by atoms with E-state index in [4.69, 9.17) is 15.2 Å². The predicted molar refractivity (Wildman–Crippen MR) is 109 cm³/mol. The Kier molecular flexibility index (Phi) is 6.53. The molecule has 28 heavy (non-hydrogen) atoms. The van der Waals surface area contributed by atoms with Gasteiger partial charge in [-0.1, -0.05) is 18.2 Å². The Balaban J connectivity index is 1.49. The second-order valence-corrected chi connectivity index (χ2v) is 8.61. The Morgan fingerprint density at radius 2 is 1.82 bits per heavy atom. The zero-order chi connectivity index (χ0) is 19.3. The van der Waals surface area contributed by atoms with Crippen molar-refractivity contribution in [2.75, 3.05) is 19.8 Å². The van der Waals surface area contributed by atoms with Crippen molar-refractivity contribution in [3.63, 3.8) is 0 Å². The molecular weight excluding hydrogens is 352 g/mol. The average Bonchev–Trinajstić information content (AvgIpc) is 2.72. The first-order valence-corrected chi connectivity index (χ1v) is 11.1. The monoisotopic (exact) mass is 386 g/mol. The maximum absolute atomic E-state index is 12.8. The van der Waals surface area contributed by atoms with Crippen LogP contribution in [0.25, 0.3) is 0 Å². The van der Waals surface area contributed by atoms with Crippen molar-refractivity contribution in [3.8, 4) is 5.75 Å². The van der Waals surface area contributed by atoms with Crippen LogP contribution in [0.4, 0.5) is 0 Å². The van der Waals surface area contributed by atoms with Crippen molar-refractivity contribution in [2.45, 2.75) is 81.9 Å². The highest BCUT2D eigenvalue weighted by Gasteiger charge is 2.33. The van der Waals surface area contributed by atoms with Crippen molar-refractivity contribution >= 4 is 5.91 Å². The summed E-state index contributed by atoms with van der Waals surface area (Å²) in [7, 11) is 0. The number of hydrogen-bond acceptors (Lipinski definition) is 4. The van der Waals surface area contributed by atoms with E-state index in [0.717, 1.165) is 63.7 Å². The number of nitrogens with two attached hydrogens (primary N) is 1. The third-order valence-corrected chi connectivity index (χ3v) is 6.73. The van der Waals surface area contributed by atoms with Gasteiger partial charge >= 0.3 is 0 Å². The maximum atomic E-state index is 12.8. The summed E-state index contributed by atoms with van der Waals surface area (Å²) in [6, 6.07) is 8.53. The maximum Gasteiger partial charge on any atom is 0.222 e. The molecule has 0 radical (unpaired) electrons. The van der Waals surface area contributed by atoms with Gasteiger partial charge in [0.25, 0.3) is 0 Å². The number of piperidine rings is 1. The number of rotatable bonds is 0. The summed E-state index contributed by atoms with van der Waals surface area (Å²) < 4.78 is 12.4. The van der Waals surface area contributed by atoms with Gasteiger partial charge in [0.15, 0.2) is 0 Å². The van der Waals surface area contributed by atoms with Crippen molar-refractivity contribution in [1.29, 1.82) is 0 Å². The molecule has 5 rings (SSSR count). The van der Waals surface area contributed by atoms with Gasteiger partial charge in [-0.3, -0.25) is 4.79 Å². The number of hydrogen-bond donors (Lipinski definition) is 1. The molecule has 1 saturated heterocycles. The first kappa shape index (κ1) is 19.7. The topological polar surface area (TPSA) is 64.8 Å². The van der Waals surface area contributed by atoms with Gasteiger partial charge < -0.3 is 20.1 Å². The Bertz CT molecular complexity index is 657. The van der Waals surface area contributed by atoms with Gasteiger partial charge in [-0.15, -0.1) is 0 Å². The van der Waals surface area contributed by atoms with Crippen LogP contribution in [0.5, 0.6) is 5.75 Å². The first-order valence-electron chi connectivity index (χ1n) is 11.1. The molecule has 154 valence electrons. The second-order valence-electron chi connectivity index (χ2n) is 8.61. The summed E-state index contributed by atoms with van der Waals surface area (Å²) in [4.78, 5) is 14.8. The lowest BCUT2D eigenvalue weighted by Gasteiger charge is -2.41. The van der Waals surface area contributed by atoms with Gasteiger partial charge in [-0.2, -0.15) is 0 Å². The summed E-state index contributed by atoms with van der Waals surface area (Å²) >= 11 is 0. The first-order chi connectivity index (χ1) is 13.7. The molecule has 2 atom stereocenters. The van der Waals surface area contributed by atoms with Crippen LogP contribution in [-0.4, -0.2) is 48.8 Å². The summed E-state index contributed by atoms with van der Waals surface area (Å²) in [6.45, 7) is 2.07. The molecule has 0 aromatic heterocycles. The number of para-hydroxylation sites is 1. The van der Waals surface area contributed by atoms with Crippen LogP contribution < -0.4 is 10.5 Å². The summed E-state index contributed by atoms with van der Waals surface area (Å²) in [5.74, 6) is 1.80. The fourth-order valence-electron chi connectivity index (χ4n) is 5.04. The highest BCUT2D eigenvalue weighted by atomic mass is 16.5. The summed E-state index contributed by atoms with van der Waals surface area (Å²) in [5, 5.41) is 0. The minimum absolute atomic E-state index is 0.0307. The Morgan fingerprint density at radius 1 is 1.00 bits per heavy atom. The van der Waals surface area contributed by atoms with Gasteiger partial charge in [-0.25, -0.2) is 0 Å². The molecular formula is C23H34N2O3. The number of carbonyl (C=O) groups is 1. The van der Waals surface area contributed by atoms with Crippen LogP contribution in [0.15, 0.2) is 24.3 Å². The van der Waals surface area contributed by atoms with Crippen molar-refractivity contribution in [3.05, 3.63) is 29.8 Å². The average molecular weight is 387 g/mol. The van der Waals surface area contributed by atoms with Crippen LogP contribution in [0.1, 0.15) is 69.3 Å². The number of fused-ring (bicyclic) bond motifs is 8. The predicted octanol–water partition coefficient (Wildman–Crippen LogP) is 3.61. The fraction of sp³-hybridized carbons (Fsp3) is 0.696. The van der Waals surface area contributed by atoms with Gasteiger partial charge in [-0.05, 0) is 68.9 Å². The molecule has 2 bridgehead atoms. The number of amides is 1. The van der Waals surface area contributed by atoms with Crippen LogP contribution in [-0.2, 0) is 9.53 Å². The molecule has 1 saturated carbocycles. The fourth-order valence-corrected chi connectivity index (χ4v) is 5.04. The minimum Gasteiger partial charge on any atom is -0.493 e. The lowest BCUT2D eigenvalue weighted by atomic mass is 9.82. The molecule has 5 heteroatoms. The van der Waals surface area contributed by atoms with Crippen LogP contribution in [0.2, 0.25) is 0 Å². The smallest absolute Gasteiger partial charge is 0.222 e. The normalized spacial score (nSPS) is 32.3. The van der Waals surface area contributed by atoms with E-state index in [1.54, 1.807) is 0 Å². The molecule has 3 aliphatic heterocycles. The van der Waals surface area contributed by atoms with E-state index in [1.165, 1.54) is 5.56 Å². The van der Waals surface area contributed by atoms with Crippen LogP contribution in [0, 0.1) is 0 Å². The number of carbonyl (C=O) groups excluding carboxylic acids is 1. The molecule has 3 heterocycles. The molecule has 2 N–H and O–H groups in total. The van der Waals surface area contributed by atoms with Gasteiger partial charge in [0.1, 0.15) is 5.75 Å². The Hall–Kier alpha value is -1.59. The van der Waals surface area contributed by atoms with Crippen LogP contribution >= 0.6 is 0 Å². The van der Waals surface area contributed by atoms with E-state index in [-0.39, 0.29) is 24.1 Å². The molecule has 1 aromatic rings. The van der Waals surface area contributed by atoms with Crippen molar-refractivity contribution in [2.24, 2.45) is 5.73 Å². The standard InChI is InChI=1S/C23H34N2O3/c24-20-7-5-14-25-21(20)16-28-18-12-10-17(11-13-18)19-6-1-2-8-22(19)27-15-4-3-9-23(25)26/h1-2,6,8,17-18,20-21H,3-5,7,9-16,24H2/t17-,18+,20?,21?. The quantitative estimate of drug-likeness (QED) is 0.740. The van der Waals surface area contributed by atoms with E-state index < -0.39 is 0 Å². The largest absolute Gasteiger partial charge is 0.493 e. The summed E-state index contributed by atoms with van der Waals surface area (Å²) in [6.07, 6.45) is 8.96. The highest BCUT2D eigenvalue weighted by molar-refractivity contribution is 5.76. The minimum atomic E-state index is 0.0307. The lowest BCUT2D eigenvalue weighted by molar-refractivity contribution is -0.138. The van der Waals surface area contributed by atoms with E-state index in [2.05, 4.69) is 24.3 Å². The van der Waals surface area contributed by atoms with Crippen molar-refractivity contribution in [1.82, 2.24) is 4.90 Å². The zero-order valence-electron chi connectivity index (χ0n) is 16.9. The molecule has 1 aromatic carbocycles. The van der Waals surface area contributed by atoms with Crippen LogP contribution in [0.3, 0.4) is 0 Å². The second kappa shape index (κ2) is 9.27. The van der Waals surface area contributed by atoms with E-state index in [1.807, 2.05) is 4.90 Å². The number of benzene rings is 1. The third kappa shape index (κ3) is 4.52. The van der Waals surface area contributed by atoms with Crippen molar-refractivity contribution < 1.29 is 14.3 Å². The SMILES string of the molecule is NC1CCCN2C(=O)CCCCOc3ccccc3[C@H]3CC[C@H](CC3)OCC12. The van der Waals surface area contributed by atoms with E-state index in [9.17, 15) is 4.79 Å². The van der Waals surface area contributed by atoms with Gasteiger partial charge in [0, 0.05) is 19.0 Å². The molecule has 5 nitrogen and oxygen atoms in total. The summed E-state index contributed by atoms with van der Waals surface area (Å²) in [5.41, 5.74) is 7.73. The Labute approximate surface area is 168 Å². The highest BCUT2D eigenvalue weighted by Crippen LogP contribution is 2.38. The molecule has 4 aliphatic rings. The molecule has 0 spiro atoms. The zero-order valence-corrected chi connectivity index (χ0v) is 16.9. The van der Waals surface area contributed by atoms with E-state index >= 15 is 0 Å². The van der Waals surface area contributed by atoms with Gasteiger partial charge in [0.2, 0.25) is 5.91 Å². The number of ether oxygens (including phenoxy) is 2. The third-order valence-electron chi connectivity index (χ3n) is 6.73. The molecule has 2 unspecified atom stereocenters. The Morgan fingerprint density at radius 3 is 2.68 bits per heavy atom. The molecule has 2 fully saturated rings. The number of nitrogens with zero attached hydrogens (tertiary/aromatic N) is 1. The lowest BCUT2D eigenvalue weighted by Crippen LogP contribution is -2.56.